The second kappa shape index (κ2) is 10.2. The van der Waals surface area contributed by atoms with Crippen LogP contribution in [0.15, 0.2) is 150 Å². The number of furan rings is 1. The van der Waals surface area contributed by atoms with E-state index in [0.717, 1.165) is 71.6 Å². The zero-order valence-corrected chi connectivity index (χ0v) is 24.1. The minimum atomic E-state index is 0.606. The van der Waals surface area contributed by atoms with Gasteiger partial charge in [0.05, 0.1) is 11.2 Å². The van der Waals surface area contributed by atoms with Gasteiger partial charge in [0.25, 0.3) is 0 Å². The van der Waals surface area contributed by atoms with E-state index in [9.17, 15) is 0 Å². The summed E-state index contributed by atoms with van der Waals surface area (Å²) in [7, 11) is 0. The molecule has 0 saturated carbocycles. The van der Waals surface area contributed by atoms with E-state index in [0.29, 0.717) is 17.5 Å². The normalized spacial score (nSPS) is 11.6. The molecule has 45 heavy (non-hydrogen) atoms. The Morgan fingerprint density at radius 3 is 1.64 bits per heavy atom. The lowest BCUT2D eigenvalue weighted by atomic mass is 9.97. The van der Waals surface area contributed by atoms with Gasteiger partial charge in [-0.25, -0.2) is 19.9 Å². The summed E-state index contributed by atoms with van der Waals surface area (Å²) in [6, 6.07) is 49.3. The van der Waals surface area contributed by atoms with E-state index in [2.05, 4.69) is 54.6 Å². The smallest absolute Gasteiger partial charge is 0.164 e. The molecule has 210 valence electrons. The first-order valence-electron chi connectivity index (χ1n) is 14.9. The number of hydrogen-bond acceptors (Lipinski definition) is 5. The monoisotopic (exact) mass is 576 g/mol. The van der Waals surface area contributed by atoms with Gasteiger partial charge in [-0.05, 0) is 35.7 Å². The molecule has 0 radical (unpaired) electrons. The largest absolute Gasteiger partial charge is 0.456 e. The molecule has 5 heteroatoms. The highest BCUT2D eigenvalue weighted by molar-refractivity contribution is 6.18. The second-order valence-electron chi connectivity index (χ2n) is 11.1. The lowest BCUT2D eigenvalue weighted by Gasteiger charge is -2.12. The number of nitrogens with zero attached hydrogens (tertiary/aromatic N) is 4. The molecular weight excluding hydrogens is 552 g/mol. The fraction of sp³-hybridized carbons (Fsp3) is 0. The molecule has 0 saturated heterocycles. The molecule has 5 nitrogen and oxygen atoms in total. The van der Waals surface area contributed by atoms with Crippen LogP contribution in [0.5, 0.6) is 0 Å². The van der Waals surface area contributed by atoms with Gasteiger partial charge in [0.15, 0.2) is 17.5 Å². The third kappa shape index (κ3) is 4.33. The summed E-state index contributed by atoms with van der Waals surface area (Å²) in [5.41, 5.74) is 7.28. The van der Waals surface area contributed by atoms with Crippen molar-refractivity contribution < 1.29 is 4.42 Å². The maximum atomic E-state index is 6.31. The van der Waals surface area contributed by atoms with Gasteiger partial charge in [-0.1, -0.05) is 115 Å². The average molecular weight is 577 g/mol. The van der Waals surface area contributed by atoms with E-state index in [-0.39, 0.29) is 0 Å². The fourth-order valence-electron chi connectivity index (χ4n) is 6.13. The van der Waals surface area contributed by atoms with Crippen molar-refractivity contribution in [3.05, 3.63) is 146 Å². The molecule has 0 spiro atoms. The third-order valence-corrected chi connectivity index (χ3v) is 8.29. The molecule has 6 aromatic carbocycles. The lowest BCUT2D eigenvalue weighted by molar-refractivity contribution is 0.669. The predicted octanol–water partition coefficient (Wildman–Crippen LogP) is 10.1. The van der Waals surface area contributed by atoms with Gasteiger partial charge < -0.3 is 4.42 Å². The summed E-state index contributed by atoms with van der Waals surface area (Å²) in [5.74, 6) is 1.87. The van der Waals surface area contributed by atoms with Crippen LogP contribution < -0.4 is 0 Å². The number of para-hydroxylation sites is 2. The van der Waals surface area contributed by atoms with Crippen molar-refractivity contribution in [2.75, 3.05) is 0 Å². The molecule has 0 aliphatic heterocycles. The van der Waals surface area contributed by atoms with Crippen LogP contribution in [0.4, 0.5) is 0 Å². The summed E-state index contributed by atoms with van der Waals surface area (Å²) >= 11 is 0. The number of hydrogen-bond donors (Lipinski definition) is 0. The maximum Gasteiger partial charge on any atom is 0.164 e. The first-order chi connectivity index (χ1) is 22.3. The van der Waals surface area contributed by atoms with Gasteiger partial charge in [-0.2, -0.15) is 0 Å². The number of benzene rings is 6. The van der Waals surface area contributed by atoms with Crippen LogP contribution in [0.25, 0.3) is 89.0 Å². The molecule has 0 atom stereocenters. The lowest BCUT2D eigenvalue weighted by Crippen LogP contribution is -2.00. The standard InChI is InChI=1S/C40H24N4O/c1-3-12-25(13-4-1)38-42-39(26-14-5-2-6-15-26)44-40(43-38)28-17-11-16-27(22-28)37-33-24-36-32(30-19-8-10-21-35(30)45-36)23-31(33)29-18-7-9-20-34(29)41-37/h1-24H. The fourth-order valence-corrected chi connectivity index (χ4v) is 6.13. The highest BCUT2D eigenvalue weighted by Gasteiger charge is 2.17. The van der Waals surface area contributed by atoms with Crippen molar-refractivity contribution in [3.8, 4) is 45.4 Å². The average Bonchev–Trinajstić information content (AvgIpc) is 3.48. The topological polar surface area (TPSA) is 64.7 Å². The minimum absolute atomic E-state index is 0.606. The summed E-state index contributed by atoms with van der Waals surface area (Å²) in [5, 5.41) is 5.48. The maximum absolute atomic E-state index is 6.31. The van der Waals surface area contributed by atoms with Gasteiger partial charge in [0.2, 0.25) is 0 Å². The highest BCUT2D eigenvalue weighted by atomic mass is 16.3. The van der Waals surface area contributed by atoms with E-state index in [1.165, 1.54) is 0 Å². The molecule has 0 amide bonds. The number of pyridine rings is 1. The molecular formula is C40H24N4O. The van der Waals surface area contributed by atoms with Crippen molar-refractivity contribution >= 4 is 43.6 Å². The van der Waals surface area contributed by atoms with E-state index in [1.807, 2.05) is 91.0 Å². The molecule has 3 aromatic heterocycles. The summed E-state index contributed by atoms with van der Waals surface area (Å²) in [6.45, 7) is 0. The molecule has 9 rings (SSSR count). The molecule has 9 aromatic rings. The first kappa shape index (κ1) is 25.3. The van der Waals surface area contributed by atoms with Crippen molar-refractivity contribution in [3.63, 3.8) is 0 Å². The summed E-state index contributed by atoms with van der Waals surface area (Å²) < 4.78 is 6.31. The molecule has 3 heterocycles. The van der Waals surface area contributed by atoms with Crippen LogP contribution in [0, 0.1) is 0 Å². The minimum Gasteiger partial charge on any atom is -0.456 e. The Morgan fingerprint density at radius 2 is 0.911 bits per heavy atom. The van der Waals surface area contributed by atoms with Crippen LogP contribution in [-0.4, -0.2) is 19.9 Å². The number of rotatable bonds is 4. The quantitative estimate of drug-likeness (QED) is 0.195. The zero-order valence-electron chi connectivity index (χ0n) is 24.1. The number of aromatic nitrogens is 4. The van der Waals surface area contributed by atoms with Crippen molar-refractivity contribution in [1.29, 1.82) is 0 Å². The molecule has 0 aliphatic rings. The Labute approximate surface area is 258 Å². The SMILES string of the molecule is c1ccc(-c2nc(-c3ccccc3)nc(-c3cccc(-c4nc5ccccc5c5cc6c(cc45)oc4ccccc46)c3)n2)cc1. The van der Waals surface area contributed by atoms with Crippen molar-refractivity contribution in [1.82, 2.24) is 19.9 Å². The Bertz CT molecular complexity index is 2480. The van der Waals surface area contributed by atoms with Crippen LogP contribution in [0.3, 0.4) is 0 Å². The molecule has 0 N–H and O–H groups in total. The van der Waals surface area contributed by atoms with Gasteiger partial charge in [-0.3, -0.25) is 0 Å². The molecule has 0 bridgehead atoms. The summed E-state index contributed by atoms with van der Waals surface area (Å²) in [4.78, 5) is 20.0. The summed E-state index contributed by atoms with van der Waals surface area (Å²) in [6.07, 6.45) is 0. The van der Waals surface area contributed by atoms with E-state index in [1.54, 1.807) is 0 Å². The van der Waals surface area contributed by atoms with Gasteiger partial charge in [-0.15, -0.1) is 0 Å². The van der Waals surface area contributed by atoms with Crippen molar-refractivity contribution in [2.24, 2.45) is 0 Å². The number of fused-ring (bicyclic) bond motifs is 6. The van der Waals surface area contributed by atoms with Crippen LogP contribution in [-0.2, 0) is 0 Å². The van der Waals surface area contributed by atoms with Gasteiger partial charge in [0.1, 0.15) is 11.2 Å². The van der Waals surface area contributed by atoms with Gasteiger partial charge >= 0.3 is 0 Å². The second-order valence-corrected chi connectivity index (χ2v) is 11.1. The van der Waals surface area contributed by atoms with E-state index < -0.39 is 0 Å². The predicted molar refractivity (Wildman–Crippen MR) is 182 cm³/mol. The molecule has 0 unspecified atom stereocenters. The Kier molecular flexibility index (Phi) is 5.74. The molecule has 0 aliphatic carbocycles. The van der Waals surface area contributed by atoms with E-state index >= 15 is 0 Å². The first-order valence-corrected chi connectivity index (χ1v) is 14.9. The van der Waals surface area contributed by atoms with E-state index in [4.69, 9.17) is 24.4 Å². The highest BCUT2D eigenvalue weighted by Crippen LogP contribution is 2.39. The Balaban J connectivity index is 1.27. The van der Waals surface area contributed by atoms with Crippen LogP contribution >= 0.6 is 0 Å². The van der Waals surface area contributed by atoms with Gasteiger partial charge in [0, 0.05) is 43.8 Å². The zero-order chi connectivity index (χ0) is 29.7. The Morgan fingerprint density at radius 1 is 0.333 bits per heavy atom. The Hall–Kier alpha value is -6.20. The molecule has 0 fully saturated rings. The van der Waals surface area contributed by atoms with Crippen LogP contribution in [0.2, 0.25) is 0 Å². The van der Waals surface area contributed by atoms with Crippen LogP contribution in [0.1, 0.15) is 0 Å². The van der Waals surface area contributed by atoms with Crippen molar-refractivity contribution in [2.45, 2.75) is 0 Å². The third-order valence-electron chi connectivity index (χ3n) is 8.29.